The Morgan fingerprint density at radius 2 is 1.22 bits per heavy atom. The van der Waals surface area contributed by atoms with E-state index in [1.54, 1.807) is 0 Å². The number of fused-ring (bicyclic) bond motifs is 9. The third-order valence-electron chi connectivity index (χ3n) is 6.13. The summed E-state index contributed by atoms with van der Waals surface area (Å²) >= 11 is 0. The van der Waals surface area contributed by atoms with E-state index in [-0.39, 0.29) is 0 Å². The molecule has 1 aliphatic carbocycles. The molecular formula is C26H15N. The number of hydrogen-bond acceptors (Lipinski definition) is 0. The zero-order valence-corrected chi connectivity index (χ0v) is 14.6. The van der Waals surface area contributed by atoms with Crippen molar-refractivity contribution in [1.82, 2.24) is 4.98 Å². The normalized spacial score (nSPS) is 12.4. The Labute approximate surface area is 155 Å². The summed E-state index contributed by atoms with van der Waals surface area (Å²) in [7, 11) is 0. The van der Waals surface area contributed by atoms with Crippen LogP contribution in [0, 0.1) is 0 Å². The zero-order valence-electron chi connectivity index (χ0n) is 14.6. The summed E-state index contributed by atoms with van der Waals surface area (Å²) in [6.07, 6.45) is 0. The second-order valence-electron chi connectivity index (χ2n) is 7.45. The first kappa shape index (κ1) is 13.6. The fourth-order valence-electron chi connectivity index (χ4n) is 5.01. The van der Waals surface area contributed by atoms with Crippen LogP contribution in [0.3, 0.4) is 0 Å². The number of rotatable bonds is 0. The molecule has 0 spiro atoms. The van der Waals surface area contributed by atoms with Gasteiger partial charge < -0.3 is 4.98 Å². The van der Waals surface area contributed by atoms with E-state index in [2.05, 4.69) is 89.9 Å². The van der Waals surface area contributed by atoms with E-state index >= 15 is 0 Å². The van der Waals surface area contributed by atoms with Gasteiger partial charge in [-0.15, -0.1) is 0 Å². The van der Waals surface area contributed by atoms with Crippen molar-refractivity contribution in [2.24, 2.45) is 0 Å². The largest absolute Gasteiger partial charge is 0.354 e. The van der Waals surface area contributed by atoms with Crippen molar-refractivity contribution in [2.75, 3.05) is 0 Å². The lowest BCUT2D eigenvalue weighted by atomic mass is 9.97. The molecule has 0 bridgehead atoms. The van der Waals surface area contributed by atoms with Crippen LogP contribution in [0.4, 0.5) is 0 Å². The van der Waals surface area contributed by atoms with Crippen molar-refractivity contribution in [3.63, 3.8) is 0 Å². The zero-order chi connectivity index (χ0) is 17.5. The van der Waals surface area contributed by atoms with Crippen LogP contribution in [-0.2, 0) is 0 Å². The Balaban J connectivity index is 1.76. The summed E-state index contributed by atoms with van der Waals surface area (Å²) in [6.45, 7) is 0. The maximum absolute atomic E-state index is 3.74. The molecule has 124 valence electrons. The van der Waals surface area contributed by atoms with E-state index in [1.165, 1.54) is 65.6 Å². The smallest absolute Gasteiger partial charge is 0.0544 e. The maximum atomic E-state index is 3.74. The third-order valence-corrected chi connectivity index (χ3v) is 6.13. The van der Waals surface area contributed by atoms with Crippen molar-refractivity contribution in [1.29, 1.82) is 0 Å². The summed E-state index contributed by atoms with van der Waals surface area (Å²) in [5.74, 6) is 0. The van der Waals surface area contributed by atoms with Crippen LogP contribution in [-0.4, -0.2) is 4.98 Å². The molecule has 1 aliphatic rings. The van der Waals surface area contributed by atoms with Gasteiger partial charge in [-0.25, -0.2) is 0 Å². The van der Waals surface area contributed by atoms with Gasteiger partial charge in [0.05, 0.1) is 5.52 Å². The Hall–Kier alpha value is -3.58. The van der Waals surface area contributed by atoms with Crippen molar-refractivity contribution in [3.8, 4) is 22.3 Å². The first-order valence-corrected chi connectivity index (χ1v) is 9.39. The van der Waals surface area contributed by atoms with E-state index in [4.69, 9.17) is 0 Å². The van der Waals surface area contributed by atoms with E-state index in [0.29, 0.717) is 0 Å². The molecule has 6 aromatic rings. The predicted octanol–water partition coefficient (Wildman–Crippen LogP) is 7.27. The minimum atomic E-state index is 1.22. The van der Waals surface area contributed by atoms with E-state index < -0.39 is 0 Å². The summed E-state index contributed by atoms with van der Waals surface area (Å²) < 4.78 is 0. The minimum absolute atomic E-state index is 1.22. The standard InChI is InChI=1S/C26H15N/c1-2-7-16-15(6-1)12-13-21-25-20-11-5-10-19-17-8-3-4-9-18(17)22(24(19)20)14-23(25)27-26(16)21/h1-14,27H. The average Bonchev–Trinajstić information content (AvgIpc) is 3.26. The topological polar surface area (TPSA) is 15.8 Å². The third kappa shape index (κ3) is 1.56. The average molecular weight is 341 g/mol. The second kappa shape index (κ2) is 4.57. The molecule has 27 heavy (non-hydrogen) atoms. The SMILES string of the molecule is c1ccc2c(c1)-c1cccc3c1c-2cc1[nH]c2c4ccccc4ccc2c13. The molecule has 0 saturated carbocycles. The fraction of sp³-hybridized carbons (Fsp3) is 0. The molecule has 0 aliphatic heterocycles. The Morgan fingerprint density at radius 3 is 2.15 bits per heavy atom. The van der Waals surface area contributed by atoms with Gasteiger partial charge in [0.15, 0.2) is 0 Å². The molecule has 5 aromatic carbocycles. The maximum Gasteiger partial charge on any atom is 0.0544 e. The first-order chi connectivity index (χ1) is 13.4. The van der Waals surface area contributed by atoms with Crippen molar-refractivity contribution in [3.05, 3.63) is 84.9 Å². The molecule has 0 unspecified atom stereocenters. The van der Waals surface area contributed by atoms with Gasteiger partial charge in [-0.1, -0.05) is 78.9 Å². The Morgan fingerprint density at radius 1 is 0.481 bits per heavy atom. The van der Waals surface area contributed by atoms with Gasteiger partial charge >= 0.3 is 0 Å². The van der Waals surface area contributed by atoms with Crippen LogP contribution in [0.5, 0.6) is 0 Å². The number of aromatic amines is 1. The summed E-state index contributed by atoms with van der Waals surface area (Å²) in [5.41, 5.74) is 7.85. The molecule has 0 atom stereocenters. The number of hydrogen-bond donors (Lipinski definition) is 1. The summed E-state index contributed by atoms with van der Waals surface area (Å²) in [5, 5.41) is 7.94. The minimum Gasteiger partial charge on any atom is -0.354 e. The van der Waals surface area contributed by atoms with Gasteiger partial charge in [0.2, 0.25) is 0 Å². The predicted molar refractivity (Wildman–Crippen MR) is 115 cm³/mol. The number of benzene rings is 5. The van der Waals surface area contributed by atoms with E-state index in [9.17, 15) is 0 Å². The lowest BCUT2D eigenvalue weighted by Crippen LogP contribution is -1.78. The fourth-order valence-corrected chi connectivity index (χ4v) is 5.01. The van der Waals surface area contributed by atoms with Crippen molar-refractivity contribution >= 4 is 43.4 Å². The quantitative estimate of drug-likeness (QED) is 0.298. The van der Waals surface area contributed by atoms with Gasteiger partial charge in [0.25, 0.3) is 0 Å². The van der Waals surface area contributed by atoms with Gasteiger partial charge in [-0.05, 0) is 44.5 Å². The van der Waals surface area contributed by atoms with Crippen LogP contribution >= 0.6 is 0 Å². The van der Waals surface area contributed by atoms with Crippen LogP contribution in [0.25, 0.3) is 65.6 Å². The lowest BCUT2D eigenvalue weighted by molar-refractivity contribution is 1.57. The molecule has 7 rings (SSSR count). The van der Waals surface area contributed by atoms with Gasteiger partial charge in [-0.2, -0.15) is 0 Å². The molecule has 1 aromatic heterocycles. The van der Waals surface area contributed by atoms with Gasteiger partial charge in [0, 0.05) is 21.7 Å². The molecule has 0 saturated heterocycles. The lowest BCUT2D eigenvalue weighted by Gasteiger charge is -2.05. The highest BCUT2D eigenvalue weighted by molar-refractivity contribution is 6.30. The van der Waals surface area contributed by atoms with E-state index in [1.807, 2.05) is 0 Å². The molecule has 1 heterocycles. The molecule has 1 N–H and O–H groups in total. The highest BCUT2D eigenvalue weighted by Crippen LogP contribution is 2.50. The summed E-state index contributed by atoms with van der Waals surface area (Å²) in [4.78, 5) is 3.74. The second-order valence-corrected chi connectivity index (χ2v) is 7.45. The Kier molecular flexibility index (Phi) is 2.30. The monoisotopic (exact) mass is 341 g/mol. The van der Waals surface area contributed by atoms with Crippen LogP contribution in [0.2, 0.25) is 0 Å². The molecule has 0 radical (unpaired) electrons. The molecule has 1 nitrogen and oxygen atoms in total. The van der Waals surface area contributed by atoms with Gasteiger partial charge in [0.1, 0.15) is 0 Å². The van der Waals surface area contributed by atoms with Crippen LogP contribution in [0.15, 0.2) is 84.9 Å². The number of nitrogens with one attached hydrogen (secondary N) is 1. The molecule has 0 fully saturated rings. The van der Waals surface area contributed by atoms with Crippen molar-refractivity contribution in [2.45, 2.75) is 0 Å². The molecular weight excluding hydrogens is 326 g/mol. The number of H-pyrrole nitrogens is 1. The highest BCUT2D eigenvalue weighted by Gasteiger charge is 2.23. The molecule has 0 amide bonds. The number of aromatic nitrogens is 1. The van der Waals surface area contributed by atoms with Crippen LogP contribution in [0.1, 0.15) is 0 Å². The highest BCUT2D eigenvalue weighted by atomic mass is 14.7. The first-order valence-electron chi connectivity index (χ1n) is 9.39. The van der Waals surface area contributed by atoms with Gasteiger partial charge in [-0.3, -0.25) is 0 Å². The molecule has 1 heteroatoms. The Bertz CT molecular complexity index is 1570. The van der Waals surface area contributed by atoms with Crippen LogP contribution < -0.4 is 0 Å². The van der Waals surface area contributed by atoms with E-state index in [0.717, 1.165) is 0 Å². The summed E-state index contributed by atoms with van der Waals surface area (Å²) in [6, 6.07) is 31.0. The van der Waals surface area contributed by atoms with Crippen molar-refractivity contribution < 1.29 is 0 Å².